The van der Waals surface area contributed by atoms with Crippen molar-refractivity contribution in [3.05, 3.63) is 104 Å². The molecule has 1 amide bonds. The number of hydrazone groups is 1. The van der Waals surface area contributed by atoms with Crippen LogP contribution in [0.5, 0.6) is 5.75 Å². The van der Waals surface area contributed by atoms with E-state index in [9.17, 15) is 19.7 Å². The molecule has 3 aromatic carbocycles. The van der Waals surface area contributed by atoms with Crippen molar-refractivity contribution in [2.45, 2.75) is 0 Å². The minimum Gasteiger partial charge on any atom is -0.423 e. The van der Waals surface area contributed by atoms with Crippen LogP contribution in [0.25, 0.3) is 0 Å². The average molecular weight is 458 g/mol. The van der Waals surface area contributed by atoms with Crippen LogP contribution >= 0.6 is 23.2 Å². The molecule has 1 N–H and O–H groups in total. The van der Waals surface area contributed by atoms with Crippen LogP contribution in [-0.2, 0) is 0 Å². The molecule has 0 atom stereocenters. The fourth-order valence-corrected chi connectivity index (χ4v) is 2.89. The van der Waals surface area contributed by atoms with E-state index in [1.54, 1.807) is 24.3 Å². The molecule has 0 saturated carbocycles. The molecule has 10 heteroatoms. The second-order valence-electron chi connectivity index (χ2n) is 6.09. The van der Waals surface area contributed by atoms with Crippen LogP contribution in [0.2, 0.25) is 10.0 Å². The Bertz CT molecular complexity index is 1160. The van der Waals surface area contributed by atoms with Crippen LogP contribution in [0.15, 0.2) is 71.8 Å². The van der Waals surface area contributed by atoms with Gasteiger partial charge in [0.15, 0.2) is 0 Å². The number of nitro groups is 1. The SMILES string of the molecule is O=C(N/N=C/c1ccc(OC(=O)c2ccc(Cl)cc2Cl)cc1)c1ccc([N+](=O)[O-])cc1. The maximum absolute atomic E-state index is 12.2. The van der Waals surface area contributed by atoms with Crippen molar-refractivity contribution < 1.29 is 19.2 Å². The van der Waals surface area contributed by atoms with Gasteiger partial charge in [-0.15, -0.1) is 0 Å². The summed E-state index contributed by atoms with van der Waals surface area (Å²) in [7, 11) is 0. The molecule has 0 fully saturated rings. The molecule has 156 valence electrons. The highest BCUT2D eigenvalue weighted by atomic mass is 35.5. The quantitative estimate of drug-likeness (QED) is 0.186. The Balaban J connectivity index is 1.57. The zero-order valence-corrected chi connectivity index (χ0v) is 17.1. The van der Waals surface area contributed by atoms with Gasteiger partial charge in [0, 0.05) is 22.7 Å². The largest absolute Gasteiger partial charge is 0.423 e. The van der Waals surface area contributed by atoms with Gasteiger partial charge in [-0.1, -0.05) is 23.2 Å². The molecule has 0 aliphatic carbocycles. The second kappa shape index (κ2) is 9.84. The lowest BCUT2D eigenvalue weighted by atomic mass is 10.2. The fourth-order valence-electron chi connectivity index (χ4n) is 2.40. The minimum atomic E-state index is -0.626. The van der Waals surface area contributed by atoms with Gasteiger partial charge >= 0.3 is 5.97 Å². The van der Waals surface area contributed by atoms with E-state index >= 15 is 0 Å². The van der Waals surface area contributed by atoms with Crippen molar-refractivity contribution in [2.75, 3.05) is 0 Å². The number of nitro benzene ring substituents is 1. The number of rotatable bonds is 6. The highest BCUT2D eigenvalue weighted by Gasteiger charge is 2.13. The van der Waals surface area contributed by atoms with E-state index in [4.69, 9.17) is 27.9 Å². The first kappa shape index (κ1) is 21.9. The van der Waals surface area contributed by atoms with E-state index in [1.165, 1.54) is 48.7 Å². The zero-order valence-electron chi connectivity index (χ0n) is 15.6. The highest BCUT2D eigenvalue weighted by Crippen LogP contribution is 2.23. The number of ether oxygens (including phenoxy) is 1. The van der Waals surface area contributed by atoms with Crippen LogP contribution in [0, 0.1) is 10.1 Å². The third-order valence-corrected chi connectivity index (χ3v) is 4.51. The number of hydrogen-bond acceptors (Lipinski definition) is 6. The molecule has 0 heterocycles. The summed E-state index contributed by atoms with van der Waals surface area (Å²) in [5.41, 5.74) is 3.26. The third kappa shape index (κ3) is 5.88. The summed E-state index contributed by atoms with van der Waals surface area (Å²) in [6.45, 7) is 0. The molecule has 0 spiro atoms. The van der Waals surface area contributed by atoms with Crippen molar-refractivity contribution in [2.24, 2.45) is 5.10 Å². The molecule has 0 aromatic heterocycles. The summed E-state index contributed by atoms with van der Waals surface area (Å²) >= 11 is 11.8. The van der Waals surface area contributed by atoms with Crippen molar-refractivity contribution in [1.82, 2.24) is 5.43 Å². The zero-order chi connectivity index (χ0) is 22.4. The molecule has 0 unspecified atom stereocenters. The van der Waals surface area contributed by atoms with Crippen LogP contribution in [0.4, 0.5) is 5.69 Å². The Morgan fingerprint density at radius 2 is 1.68 bits per heavy atom. The Morgan fingerprint density at radius 3 is 2.29 bits per heavy atom. The number of esters is 1. The summed E-state index contributed by atoms with van der Waals surface area (Å²) in [4.78, 5) is 34.3. The van der Waals surface area contributed by atoms with Crippen LogP contribution in [-0.4, -0.2) is 23.0 Å². The lowest BCUT2D eigenvalue weighted by molar-refractivity contribution is -0.384. The van der Waals surface area contributed by atoms with E-state index < -0.39 is 16.8 Å². The Kier molecular flexibility index (Phi) is 6.96. The molecule has 0 aliphatic heterocycles. The van der Waals surface area contributed by atoms with E-state index in [1.807, 2.05) is 0 Å². The van der Waals surface area contributed by atoms with Crippen LogP contribution in [0.3, 0.4) is 0 Å². The number of halogens is 2. The number of carbonyl (C=O) groups is 2. The van der Waals surface area contributed by atoms with Gasteiger partial charge in [0.25, 0.3) is 11.6 Å². The summed E-state index contributed by atoms with van der Waals surface area (Å²) in [5, 5.41) is 15.1. The number of hydrogen-bond donors (Lipinski definition) is 1. The minimum absolute atomic E-state index is 0.112. The van der Waals surface area contributed by atoms with Gasteiger partial charge in [0.05, 0.1) is 21.7 Å². The molecule has 31 heavy (non-hydrogen) atoms. The molecule has 3 rings (SSSR count). The molecule has 0 radical (unpaired) electrons. The topological polar surface area (TPSA) is 111 Å². The first-order valence-corrected chi connectivity index (χ1v) is 9.44. The van der Waals surface area contributed by atoms with Gasteiger partial charge in [0.1, 0.15) is 5.75 Å². The number of nitrogens with one attached hydrogen (secondary N) is 1. The smallest absolute Gasteiger partial charge is 0.345 e. The molecule has 8 nitrogen and oxygen atoms in total. The summed E-state index contributed by atoms with van der Waals surface area (Å²) in [5.74, 6) is -0.849. The second-order valence-corrected chi connectivity index (χ2v) is 6.93. The predicted octanol–water partition coefficient (Wildman–Crippen LogP) is 4.88. The molecule has 0 saturated heterocycles. The van der Waals surface area contributed by atoms with Crippen molar-refractivity contribution in [3.63, 3.8) is 0 Å². The van der Waals surface area contributed by atoms with Gasteiger partial charge < -0.3 is 4.74 Å². The van der Waals surface area contributed by atoms with Gasteiger partial charge in [-0.25, -0.2) is 10.2 Å². The van der Waals surface area contributed by atoms with Crippen molar-refractivity contribution >= 4 is 47.0 Å². The summed E-state index contributed by atoms with van der Waals surface area (Å²) in [6.07, 6.45) is 1.39. The fraction of sp³-hybridized carbons (Fsp3) is 0. The van der Waals surface area contributed by atoms with E-state index in [2.05, 4.69) is 10.5 Å². The Labute approximate surface area is 186 Å². The summed E-state index contributed by atoms with van der Waals surface area (Å²) < 4.78 is 5.27. The van der Waals surface area contributed by atoms with E-state index in [0.717, 1.165) is 0 Å². The lowest BCUT2D eigenvalue weighted by Gasteiger charge is -2.06. The van der Waals surface area contributed by atoms with Gasteiger partial charge in [-0.2, -0.15) is 5.10 Å². The van der Waals surface area contributed by atoms with Gasteiger partial charge in [-0.05, 0) is 60.2 Å². The Morgan fingerprint density at radius 1 is 1.00 bits per heavy atom. The normalized spacial score (nSPS) is 10.6. The van der Waals surface area contributed by atoms with Crippen molar-refractivity contribution in [1.29, 1.82) is 0 Å². The van der Waals surface area contributed by atoms with Gasteiger partial charge in [-0.3, -0.25) is 14.9 Å². The summed E-state index contributed by atoms with van der Waals surface area (Å²) in [6, 6.07) is 16.0. The first-order chi connectivity index (χ1) is 14.8. The molecule has 3 aromatic rings. The molecular formula is C21H13Cl2N3O5. The number of benzene rings is 3. The highest BCUT2D eigenvalue weighted by molar-refractivity contribution is 6.36. The standard InChI is InChI=1S/C21H13Cl2N3O5/c22-15-5-10-18(19(23)11-15)21(28)31-17-8-1-13(2-9-17)12-24-25-20(27)14-3-6-16(7-4-14)26(29)30/h1-12H,(H,25,27)/b24-12+. The molecule has 0 aliphatic rings. The van der Waals surface area contributed by atoms with Crippen LogP contribution < -0.4 is 10.2 Å². The number of carbonyl (C=O) groups excluding carboxylic acids is 2. The Hall–Kier alpha value is -3.75. The van der Waals surface area contributed by atoms with E-state index in [-0.39, 0.29) is 21.8 Å². The van der Waals surface area contributed by atoms with Crippen molar-refractivity contribution in [3.8, 4) is 5.75 Å². The maximum atomic E-state index is 12.2. The van der Waals surface area contributed by atoms with Crippen LogP contribution in [0.1, 0.15) is 26.3 Å². The lowest BCUT2D eigenvalue weighted by Crippen LogP contribution is -2.17. The first-order valence-electron chi connectivity index (χ1n) is 8.68. The number of non-ortho nitro benzene ring substituents is 1. The predicted molar refractivity (Wildman–Crippen MR) is 116 cm³/mol. The number of nitrogens with zero attached hydrogens (tertiary/aromatic N) is 2. The average Bonchev–Trinajstić information content (AvgIpc) is 2.74. The number of amides is 1. The maximum Gasteiger partial charge on any atom is 0.345 e. The van der Waals surface area contributed by atoms with E-state index in [0.29, 0.717) is 16.3 Å². The monoisotopic (exact) mass is 457 g/mol. The third-order valence-electron chi connectivity index (χ3n) is 3.96. The molecular weight excluding hydrogens is 445 g/mol. The molecule has 0 bridgehead atoms. The van der Waals surface area contributed by atoms with Gasteiger partial charge in [0.2, 0.25) is 0 Å².